The van der Waals surface area contributed by atoms with Crippen molar-refractivity contribution in [2.24, 2.45) is 0 Å². The van der Waals surface area contributed by atoms with Gasteiger partial charge in [-0.3, -0.25) is 4.98 Å². The molecule has 2 aromatic heterocycles. The molecule has 2 rings (SSSR count). The van der Waals surface area contributed by atoms with E-state index in [1.54, 1.807) is 30.8 Å². The van der Waals surface area contributed by atoms with Gasteiger partial charge in [-0.2, -0.15) is 0 Å². The molecular weight excluding hydrogens is 182 g/mol. The van der Waals surface area contributed by atoms with E-state index in [1.807, 2.05) is 18.2 Å². The van der Waals surface area contributed by atoms with E-state index in [0.717, 1.165) is 5.06 Å². The highest BCUT2D eigenvalue weighted by molar-refractivity contribution is 7.17. The van der Waals surface area contributed by atoms with Crippen molar-refractivity contribution in [1.29, 1.82) is 0 Å². The molecule has 66 valence electrons. The van der Waals surface area contributed by atoms with Gasteiger partial charge in [0.15, 0.2) is 5.06 Å². The van der Waals surface area contributed by atoms with Crippen molar-refractivity contribution in [1.82, 2.24) is 4.98 Å². The van der Waals surface area contributed by atoms with Crippen LogP contribution in [0.15, 0.2) is 36.7 Å². The minimum atomic E-state index is 0.937. The first-order chi connectivity index (χ1) is 6.40. The molecule has 0 saturated carbocycles. The zero-order chi connectivity index (χ0) is 9.10. The molecule has 2 nitrogen and oxygen atoms in total. The Hall–Kier alpha value is -1.35. The van der Waals surface area contributed by atoms with E-state index < -0.39 is 0 Å². The highest BCUT2D eigenvalue weighted by atomic mass is 32.1. The predicted molar refractivity (Wildman–Crippen MR) is 54.1 cm³/mol. The van der Waals surface area contributed by atoms with Crippen LogP contribution >= 0.6 is 11.3 Å². The summed E-state index contributed by atoms with van der Waals surface area (Å²) in [6, 6.07) is 8.01. The summed E-state index contributed by atoms with van der Waals surface area (Å²) in [5, 5.41) is 0.937. The molecule has 0 bridgehead atoms. The number of aromatic nitrogens is 1. The largest absolute Gasteiger partial charge is 0.487 e. The van der Waals surface area contributed by atoms with Gasteiger partial charge in [-0.05, 0) is 29.8 Å². The second kappa shape index (κ2) is 3.58. The van der Waals surface area contributed by atoms with Gasteiger partial charge in [0, 0.05) is 17.3 Å². The lowest BCUT2D eigenvalue weighted by Gasteiger charge is -1.94. The minimum absolute atomic E-state index is 0.937. The van der Waals surface area contributed by atoms with E-state index in [1.165, 1.54) is 10.4 Å². The number of hydrogen-bond donors (Lipinski definition) is 0. The van der Waals surface area contributed by atoms with E-state index in [2.05, 4.69) is 11.1 Å². The van der Waals surface area contributed by atoms with Crippen LogP contribution in [0.5, 0.6) is 5.06 Å². The second-order valence-electron chi connectivity index (χ2n) is 2.56. The molecule has 2 aromatic rings. The van der Waals surface area contributed by atoms with Gasteiger partial charge in [-0.15, -0.1) is 0 Å². The van der Waals surface area contributed by atoms with E-state index >= 15 is 0 Å². The fourth-order valence-electron chi connectivity index (χ4n) is 1.10. The summed E-state index contributed by atoms with van der Waals surface area (Å²) < 4.78 is 5.12. The molecule has 0 N–H and O–H groups in total. The third kappa shape index (κ3) is 1.70. The van der Waals surface area contributed by atoms with Crippen LogP contribution < -0.4 is 4.74 Å². The Labute approximate surface area is 80.8 Å². The van der Waals surface area contributed by atoms with Crippen molar-refractivity contribution in [3.05, 3.63) is 36.7 Å². The number of pyridine rings is 1. The number of rotatable bonds is 2. The maximum Gasteiger partial charge on any atom is 0.173 e. The Morgan fingerprint density at radius 1 is 1.15 bits per heavy atom. The fourth-order valence-corrected chi connectivity index (χ4v) is 1.93. The summed E-state index contributed by atoms with van der Waals surface area (Å²) in [6.07, 6.45) is 3.59. The summed E-state index contributed by atoms with van der Waals surface area (Å²) in [6.45, 7) is 0. The minimum Gasteiger partial charge on any atom is -0.487 e. The Kier molecular flexibility index (Phi) is 2.27. The number of methoxy groups -OCH3 is 1. The topological polar surface area (TPSA) is 22.1 Å². The van der Waals surface area contributed by atoms with Crippen molar-refractivity contribution in [2.75, 3.05) is 7.11 Å². The van der Waals surface area contributed by atoms with Crippen LogP contribution in [-0.2, 0) is 0 Å². The molecule has 0 aliphatic rings. The average Bonchev–Trinajstić information content (AvgIpc) is 2.67. The first-order valence-corrected chi connectivity index (χ1v) is 4.76. The molecule has 0 saturated heterocycles. The molecule has 0 spiro atoms. The van der Waals surface area contributed by atoms with E-state index in [-0.39, 0.29) is 0 Å². The summed E-state index contributed by atoms with van der Waals surface area (Å²) >= 11 is 1.64. The smallest absolute Gasteiger partial charge is 0.173 e. The lowest BCUT2D eigenvalue weighted by Crippen LogP contribution is -1.73. The third-order valence-corrected chi connectivity index (χ3v) is 2.84. The van der Waals surface area contributed by atoms with Crippen molar-refractivity contribution in [3.63, 3.8) is 0 Å². The Morgan fingerprint density at radius 3 is 2.54 bits per heavy atom. The lowest BCUT2D eigenvalue weighted by atomic mass is 10.2. The quantitative estimate of drug-likeness (QED) is 0.728. The molecule has 0 aliphatic heterocycles. The van der Waals surface area contributed by atoms with Gasteiger partial charge in [-0.1, -0.05) is 11.3 Å². The highest BCUT2D eigenvalue weighted by Gasteiger charge is 2.01. The molecular formula is C10H9NOS. The van der Waals surface area contributed by atoms with Crippen molar-refractivity contribution in [3.8, 4) is 15.5 Å². The Balaban J connectivity index is 2.36. The zero-order valence-electron chi connectivity index (χ0n) is 7.23. The number of thiophene rings is 1. The molecule has 0 atom stereocenters. The Bertz CT molecular complexity index is 383. The monoisotopic (exact) mass is 191 g/mol. The lowest BCUT2D eigenvalue weighted by molar-refractivity contribution is 0.427. The SMILES string of the molecule is COc1ccc(-c2ccncc2)s1. The summed E-state index contributed by atoms with van der Waals surface area (Å²) in [7, 11) is 1.68. The van der Waals surface area contributed by atoms with E-state index in [0.29, 0.717) is 0 Å². The third-order valence-electron chi connectivity index (χ3n) is 1.75. The first kappa shape index (κ1) is 8.26. The van der Waals surface area contributed by atoms with Crippen LogP contribution in [0.25, 0.3) is 10.4 Å². The van der Waals surface area contributed by atoms with Gasteiger partial charge in [0.1, 0.15) is 0 Å². The van der Waals surface area contributed by atoms with Crippen molar-refractivity contribution < 1.29 is 4.74 Å². The fraction of sp³-hybridized carbons (Fsp3) is 0.100. The highest BCUT2D eigenvalue weighted by Crippen LogP contribution is 2.31. The molecule has 0 fully saturated rings. The molecule has 0 aromatic carbocycles. The van der Waals surface area contributed by atoms with Crippen LogP contribution in [0, 0.1) is 0 Å². The summed E-state index contributed by atoms with van der Waals surface area (Å²) in [4.78, 5) is 5.18. The number of hydrogen-bond acceptors (Lipinski definition) is 3. The van der Waals surface area contributed by atoms with Crippen LogP contribution in [0.4, 0.5) is 0 Å². The van der Waals surface area contributed by atoms with Crippen LogP contribution in [0.1, 0.15) is 0 Å². The average molecular weight is 191 g/mol. The van der Waals surface area contributed by atoms with Gasteiger partial charge in [0.25, 0.3) is 0 Å². The van der Waals surface area contributed by atoms with Crippen LogP contribution in [-0.4, -0.2) is 12.1 Å². The number of nitrogens with zero attached hydrogens (tertiary/aromatic N) is 1. The predicted octanol–water partition coefficient (Wildman–Crippen LogP) is 2.82. The van der Waals surface area contributed by atoms with Gasteiger partial charge in [0.2, 0.25) is 0 Å². The van der Waals surface area contributed by atoms with Gasteiger partial charge < -0.3 is 4.74 Å². The standard InChI is InChI=1S/C10H9NOS/c1-12-10-3-2-9(13-10)8-4-6-11-7-5-8/h2-7H,1H3. The molecule has 0 amide bonds. The van der Waals surface area contributed by atoms with Gasteiger partial charge in [-0.25, -0.2) is 0 Å². The first-order valence-electron chi connectivity index (χ1n) is 3.94. The van der Waals surface area contributed by atoms with Crippen LogP contribution in [0.3, 0.4) is 0 Å². The van der Waals surface area contributed by atoms with Gasteiger partial charge >= 0.3 is 0 Å². The zero-order valence-corrected chi connectivity index (χ0v) is 8.04. The molecule has 3 heteroatoms. The van der Waals surface area contributed by atoms with Crippen molar-refractivity contribution in [2.45, 2.75) is 0 Å². The van der Waals surface area contributed by atoms with Gasteiger partial charge in [0.05, 0.1) is 7.11 Å². The Morgan fingerprint density at radius 2 is 1.92 bits per heavy atom. The molecule has 0 unspecified atom stereocenters. The molecule has 0 aliphatic carbocycles. The second-order valence-corrected chi connectivity index (χ2v) is 3.61. The normalized spacial score (nSPS) is 9.92. The maximum absolute atomic E-state index is 5.12. The summed E-state index contributed by atoms with van der Waals surface area (Å²) in [5.41, 5.74) is 1.18. The van der Waals surface area contributed by atoms with Crippen molar-refractivity contribution >= 4 is 11.3 Å². The van der Waals surface area contributed by atoms with E-state index in [4.69, 9.17) is 4.74 Å². The number of ether oxygens (including phenoxy) is 1. The van der Waals surface area contributed by atoms with Crippen LogP contribution in [0.2, 0.25) is 0 Å². The van der Waals surface area contributed by atoms with E-state index in [9.17, 15) is 0 Å². The maximum atomic E-state index is 5.12. The molecule has 0 radical (unpaired) electrons. The summed E-state index contributed by atoms with van der Waals surface area (Å²) in [5.74, 6) is 0. The molecule has 13 heavy (non-hydrogen) atoms. The molecule has 2 heterocycles.